The van der Waals surface area contributed by atoms with Gasteiger partial charge in [0.1, 0.15) is 5.58 Å². The minimum absolute atomic E-state index is 0.255. The van der Waals surface area contributed by atoms with E-state index in [4.69, 9.17) is 4.42 Å². The van der Waals surface area contributed by atoms with Gasteiger partial charge in [0.15, 0.2) is 0 Å². The SMILES string of the molecule is CCCCc1cc(=O)oc2c1ccc1ccccc12. The zero-order valence-electron chi connectivity index (χ0n) is 11.0. The van der Waals surface area contributed by atoms with Gasteiger partial charge in [0.2, 0.25) is 0 Å². The van der Waals surface area contributed by atoms with Crippen LogP contribution in [0.4, 0.5) is 0 Å². The maximum Gasteiger partial charge on any atom is 0.336 e. The van der Waals surface area contributed by atoms with E-state index in [0.717, 1.165) is 46.6 Å². The molecular weight excluding hydrogens is 236 g/mol. The molecule has 3 aromatic rings. The van der Waals surface area contributed by atoms with Crippen molar-refractivity contribution in [3.63, 3.8) is 0 Å². The molecule has 0 aliphatic heterocycles. The molecule has 0 atom stereocenters. The molecule has 3 rings (SSSR count). The first-order valence-corrected chi connectivity index (χ1v) is 6.74. The Kier molecular flexibility index (Phi) is 3.08. The monoisotopic (exact) mass is 252 g/mol. The molecule has 0 aliphatic carbocycles. The van der Waals surface area contributed by atoms with Crippen LogP contribution in [0.3, 0.4) is 0 Å². The summed E-state index contributed by atoms with van der Waals surface area (Å²) in [6.07, 6.45) is 3.14. The van der Waals surface area contributed by atoms with Crippen molar-refractivity contribution in [2.24, 2.45) is 0 Å². The van der Waals surface area contributed by atoms with Gasteiger partial charge in [-0.25, -0.2) is 4.79 Å². The molecule has 0 unspecified atom stereocenters. The van der Waals surface area contributed by atoms with Crippen molar-refractivity contribution in [1.29, 1.82) is 0 Å². The Hall–Kier alpha value is -2.09. The van der Waals surface area contributed by atoms with Gasteiger partial charge < -0.3 is 4.42 Å². The van der Waals surface area contributed by atoms with Crippen LogP contribution in [0.1, 0.15) is 25.3 Å². The number of fused-ring (bicyclic) bond motifs is 3. The van der Waals surface area contributed by atoms with Gasteiger partial charge in [0.25, 0.3) is 0 Å². The van der Waals surface area contributed by atoms with Crippen LogP contribution >= 0.6 is 0 Å². The van der Waals surface area contributed by atoms with Crippen LogP contribution in [0, 0.1) is 0 Å². The van der Waals surface area contributed by atoms with E-state index in [1.54, 1.807) is 6.07 Å². The Labute approximate surface area is 111 Å². The number of aryl methyl sites for hydroxylation is 1. The standard InChI is InChI=1S/C17H16O2/c1-2-3-6-13-11-16(18)19-17-14-8-5-4-7-12(14)9-10-15(13)17/h4-5,7-11H,2-3,6H2,1H3. The smallest absolute Gasteiger partial charge is 0.336 e. The third-order valence-corrected chi connectivity index (χ3v) is 3.52. The third kappa shape index (κ3) is 2.14. The summed E-state index contributed by atoms with van der Waals surface area (Å²) >= 11 is 0. The molecule has 0 fully saturated rings. The van der Waals surface area contributed by atoms with Crippen molar-refractivity contribution in [3.8, 4) is 0 Å². The molecule has 0 saturated carbocycles. The van der Waals surface area contributed by atoms with Crippen LogP contribution in [-0.4, -0.2) is 0 Å². The maximum absolute atomic E-state index is 11.7. The fraction of sp³-hybridized carbons (Fsp3) is 0.235. The Morgan fingerprint density at radius 2 is 1.89 bits per heavy atom. The van der Waals surface area contributed by atoms with Gasteiger partial charge in [-0.2, -0.15) is 0 Å². The molecule has 0 aliphatic rings. The molecule has 0 saturated heterocycles. The van der Waals surface area contributed by atoms with Crippen molar-refractivity contribution >= 4 is 21.7 Å². The lowest BCUT2D eigenvalue weighted by Gasteiger charge is -2.07. The number of unbranched alkanes of at least 4 members (excludes halogenated alkanes) is 1. The molecule has 2 heteroatoms. The third-order valence-electron chi connectivity index (χ3n) is 3.52. The van der Waals surface area contributed by atoms with Crippen molar-refractivity contribution < 1.29 is 4.42 Å². The van der Waals surface area contributed by atoms with E-state index in [2.05, 4.69) is 19.1 Å². The topological polar surface area (TPSA) is 30.2 Å². The quantitative estimate of drug-likeness (QED) is 0.514. The molecule has 0 radical (unpaired) electrons. The van der Waals surface area contributed by atoms with Crippen molar-refractivity contribution in [3.05, 3.63) is 58.4 Å². The first-order valence-electron chi connectivity index (χ1n) is 6.74. The summed E-state index contributed by atoms with van der Waals surface area (Å²) in [7, 11) is 0. The second kappa shape index (κ2) is 4.88. The predicted molar refractivity (Wildman–Crippen MR) is 78.6 cm³/mol. The van der Waals surface area contributed by atoms with Gasteiger partial charge >= 0.3 is 5.63 Å². The minimum Gasteiger partial charge on any atom is -0.422 e. The van der Waals surface area contributed by atoms with Gasteiger partial charge in [0, 0.05) is 16.8 Å². The fourth-order valence-electron chi connectivity index (χ4n) is 2.53. The highest BCUT2D eigenvalue weighted by Gasteiger charge is 2.08. The summed E-state index contributed by atoms with van der Waals surface area (Å²) in [6.45, 7) is 2.16. The van der Waals surface area contributed by atoms with E-state index >= 15 is 0 Å². The molecule has 19 heavy (non-hydrogen) atoms. The highest BCUT2D eigenvalue weighted by atomic mass is 16.4. The van der Waals surface area contributed by atoms with E-state index in [1.807, 2.05) is 24.3 Å². The summed E-state index contributed by atoms with van der Waals surface area (Å²) in [5, 5.41) is 3.17. The molecule has 96 valence electrons. The summed E-state index contributed by atoms with van der Waals surface area (Å²) in [6, 6.07) is 13.8. The Morgan fingerprint density at radius 1 is 1.05 bits per heavy atom. The second-order valence-corrected chi connectivity index (χ2v) is 4.86. The van der Waals surface area contributed by atoms with E-state index in [0.29, 0.717) is 0 Å². The van der Waals surface area contributed by atoms with Crippen LogP contribution in [0.2, 0.25) is 0 Å². The van der Waals surface area contributed by atoms with Crippen LogP contribution in [0.25, 0.3) is 21.7 Å². The number of benzene rings is 2. The molecule has 2 nitrogen and oxygen atoms in total. The Morgan fingerprint density at radius 3 is 2.74 bits per heavy atom. The highest BCUT2D eigenvalue weighted by molar-refractivity contribution is 6.04. The fourth-order valence-corrected chi connectivity index (χ4v) is 2.53. The minimum atomic E-state index is -0.255. The van der Waals surface area contributed by atoms with Crippen molar-refractivity contribution in [2.75, 3.05) is 0 Å². The molecule has 2 aromatic carbocycles. The van der Waals surface area contributed by atoms with Crippen LogP contribution < -0.4 is 5.63 Å². The summed E-state index contributed by atoms with van der Waals surface area (Å²) in [5.41, 5.74) is 1.56. The van der Waals surface area contributed by atoms with Gasteiger partial charge in [-0.1, -0.05) is 49.7 Å². The normalized spacial score (nSPS) is 11.2. The Balaban J connectivity index is 2.34. The lowest BCUT2D eigenvalue weighted by Crippen LogP contribution is -2.01. The van der Waals surface area contributed by atoms with Crippen LogP contribution in [-0.2, 0) is 6.42 Å². The Bertz CT molecular complexity index is 784. The largest absolute Gasteiger partial charge is 0.422 e. The van der Waals surface area contributed by atoms with Crippen LogP contribution in [0.15, 0.2) is 51.7 Å². The number of hydrogen-bond acceptors (Lipinski definition) is 2. The number of rotatable bonds is 3. The van der Waals surface area contributed by atoms with E-state index < -0.39 is 0 Å². The lowest BCUT2D eigenvalue weighted by molar-refractivity contribution is 0.561. The average Bonchev–Trinajstić information content (AvgIpc) is 2.44. The molecular formula is C17H16O2. The molecule has 1 heterocycles. The maximum atomic E-state index is 11.7. The van der Waals surface area contributed by atoms with E-state index in [9.17, 15) is 4.79 Å². The van der Waals surface area contributed by atoms with Crippen LogP contribution in [0.5, 0.6) is 0 Å². The first kappa shape index (κ1) is 12.0. The molecule has 0 amide bonds. The summed E-state index contributed by atoms with van der Waals surface area (Å²) in [5.74, 6) is 0. The number of hydrogen-bond donors (Lipinski definition) is 0. The average molecular weight is 252 g/mol. The highest BCUT2D eigenvalue weighted by Crippen LogP contribution is 2.27. The summed E-state index contributed by atoms with van der Waals surface area (Å²) in [4.78, 5) is 11.7. The molecule has 1 aromatic heterocycles. The molecule has 0 N–H and O–H groups in total. The zero-order chi connectivity index (χ0) is 13.2. The van der Waals surface area contributed by atoms with Gasteiger partial charge in [0.05, 0.1) is 0 Å². The second-order valence-electron chi connectivity index (χ2n) is 4.86. The van der Waals surface area contributed by atoms with E-state index in [-0.39, 0.29) is 5.63 Å². The van der Waals surface area contributed by atoms with E-state index in [1.165, 1.54) is 0 Å². The summed E-state index contributed by atoms with van der Waals surface area (Å²) < 4.78 is 5.44. The molecule has 0 bridgehead atoms. The van der Waals surface area contributed by atoms with Gasteiger partial charge in [-0.05, 0) is 23.8 Å². The molecule has 0 spiro atoms. The van der Waals surface area contributed by atoms with Gasteiger partial charge in [-0.3, -0.25) is 0 Å². The first-order chi connectivity index (χ1) is 9.29. The zero-order valence-corrected chi connectivity index (χ0v) is 11.0. The van der Waals surface area contributed by atoms with Gasteiger partial charge in [-0.15, -0.1) is 0 Å². The predicted octanol–water partition coefficient (Wildman–Crippen LogP) is 4.29. The van der Waals surface area contributed by atoms with Crippen molar-refractivity contribution in [1.82, 2.24) is 0 Å². The lowest BCUT2D eigenvalue weighted by atomic mass is 10.0. The van der Waals surface area contributed by atoms with Crippen molar-refractivity contribution in [2.45, 2.75) is 26.2 Å².